The van der Waals surface area contributed by atoms with E-state index >= 15 is 0 Å². The molecule has 3 rings (SSSR count). The van der Waals surface area contributed by atoms with E-state index in [0.29, 0.717) is 0 Å². The molecule has 1 aromatic carbocycles. The zero-order valence-corrected chi connectivity index (χ0v) is 11.4. The molecule has 0 saturated heterocycles. The number of hydrogen-bond donors (Lipinski definition) is 2. The van der Waals surface area contributed by atoms with Crippen molar-refractivity contribution in [1.82, 2.24) is 4.98 Å². The van der Waals surface area contributed by atoms with E-state index in [1.165, 1.54) is 17.8 Å². The van der Waals surface area contributed by atoms with Crippen LogP contribution in [0.4, 0.5) is 5.69 Å². The van der Waals surface area contributed by atoms with Crippen molar-refractivity contribution in [3.05, 3.63) is 27.9 Å². The van der Waals surface area contributed by atoms with Crippen molar-refractivity contribution < 1.29 is 4.79 Å². The molecule has 100 valence electrons. The quantitative estimate of drug-likeness (QED) is 0.885. The summed E-state index contributed by atoms with van der Waals surface area (Å²) < 4.78 is 0.881. The summed E-state index contributed by atoms with van der Waals surface area (Å²) in [6.07, 6.45) is 5.53. The number of aromatic amines is 1. The standard InChI is InChI=1S/C14H16N2O2S/c17-13(9-4-2-1-3-5-9)15-10-6-7-11-12(8-10)19-14(18)16-11/h6-9H,1-5H2,(H,15,17)(H,16,18). The van der Waals surface area contributed by atoms with Gasteiger partial charge in [0.15, 0.2) is 0 Å². The monoisotopic (exact) mass is 276 g/mol. The third-order valence-corrected chi connectivity index (χ3v) is 4.51. The lowest BCUT2D eigenvalue weighted by molar-refractivity contribution is -0.120. The molecule has 0 atom stereocenters. The number of benzene rings is 1. The Bertz CT molecular complexity index is 653. The SMILES string of the molecule is O=C(Nc1ccc2[nH]c(=O)sc2c1)C1CCCCC1. The van der Waals surface area contributed by atoms with Gasteiger partial charge in [-0.05, 0) is 31.0 Å². The zero-order valence-electron chi connectivity index (χ0n) is 10.6. The summed E-state index contributed by atoms with van der Waals surface area (Å²) in [4.78, 5) is 26.1. The normalized spacial score (nSPS) is 16.6. The number of H-pyrrole nitrogens is 1. The van der Waals surface area contributed by atoms with Crippen LogP contribution in [0, 0.1) is 5.92 Å². The Hall–Kier alpha value is -1.62. The van der Waals surface area contributed by atoms with Gasteiger partial charge in [-0.15, -0.1) is 0 Å². The highest BCUT2D eigenvalue weighted by Crippen LogP contribution is 2.26. The average molecular weight is 276 g/mol. The van der Waals surface area contributed by atoms with Crippen molar-refractivity contribution in [3.63, 3.8) is 0 Å². The smallest absolute Gasteiger partial charge is 0.305 e. The van der Waals surface area contributed by atoms with Gasteiger partial charge >= 0.3 is 4.87 Å². The number of thiazole rings is 1. The van der Waals surface area contributed by atoms with Gasteiger partial charge in [0.1, 0.15) is 0 Å². The van der Waals surface area contributed by atoms with E-state index in [2.05, 4.69) is 10.3 Å². The van der Waals surface area contributed by atoms with Gasteiger partial charge < -0.3 is 10.3 Å². The van der Waals surface area contributed by atoms with Crippen LogP contribution in [-0.2, 0) is 4.79 Å². The molecule has 0 spiro atoms. The number of aromatic nitrogens is 1. The maximum absolute atomic E-state index is 12.1. The molecule has 2 N–H and O–H groups in total. The molecular weight excluding hydrogens is 260 g/mol. The highest BCUT2D eigenvalue weighted by atomic mass is 32.1. The fraction of sp³-hybridized carbons (Fsp3) is 0.429. The van der Waals surface area contributed by atoms with Crippen LogP contribution in [0.5, 0.6) is 0 Å². The highest BCUT2D eigenvalue weighted by molar-refractivity contribution is 7.16. The van der Waals surface area contributed by atoms with Crippen LogP contribution < -0.4 is 10.2 Å². The minimum Gasteiger partial charge on any atom is -0.326 e. The first-order chi connectivity index (χ1) is 9.22. The molecule has 1 heterocycles. The molecule has 2 aromatic rings. The summed E-state index contributed by atoms with van der Waals surface area (Å²) in [5.74, 6) is 0.261. The van der Waals surface area contributed by atoms with Gasteiger partial charge in [-0.1, -0.05) is 30.6 Å². The van der Waals surface area contributed by atoms with Gasteiger partial charge in [0.05, 0.1) is 10.2 Å². The Balaban J connectivity index is 1.76. The number of rotatable bonds is 2. The van der Waals surface area contributed by atoms with Crippen LogP contribution in [0.1, 0.15) is 32.1 Å². The van der Waals surface area contributed by atoms with Crippen molar-refractivity contribution in [2.45, 2.75) is 32.1 Å². The Kier molecular flexibility index (Phi) is 3.38. The second-order valence-corrected chi connectivity index (χ2v) is 6.06. The minimum absolute atomic E-state index is 0.0641. The molecule has 0 radical (unpaired) electrons. The number of amides is 1. The highest BCUT2D eigenvalue weighted by Gasteiger charge is 2.21. The number of carbonyl (C=O) groups excluding carboxylic acids is 1. The number of hydrogen-bond acceptors (Lipinski definition) is 3. The average Bonchev–Trinajstić information content (AvgIpc) is 2.79. The number of anilines is 1. The third-order valence-electron chi connectivity index (χ3n) is 3.66. The molecule has 1 aromatic heterocycles. The first-order valence-electron chi connectivity index (χ1n) is 6.66. The fourth-order valence-electron chi connectivity index (χ4n) is 2.63. The van der Waals surface area contributed by atoms with Gasteiger partial charge in [0, 0.05) is 11.6 Å². The maximum Gasteiger partial charge on any atom is 0.305 e. The van der Waals surface area contributed by atoms with E-state index < -0.39 is 0 Å². The largest absolute Gasteiger partial charge is 0.326 e. The van der Waals surface area contributed by atoms with Crippen LogP contribution >= 0.6 is 11.3 Å². The molecule has 1 aliphatic carbocycles. The predicted octanol–water partition coefficient (Wildman–Crippen LogP) is 3.11. The van der Waals surface area contributed by atoms with E-state index in [1.807, 2.05) is 18.2 Å². The van der Waals surface area contributed by atoms with Gasteiger partial charge in [-0.2, -0.15) is 0 Å². The lowest BCUT2D eigenvalue weighted by atomic mass is 9.88. The summed E-state index contributed by atoms with van der Waals surface area (Å²) in [6, 6.07) is 5.54. The molecule has 1 saturated carbocycles. The van der Waals surface area contributed by atoms with Gasteiger partial charge in [0.2, 0.25) is 5.91 Å². The van der Waals surface area contributed by atoms with Gasteiger partial charge in [0.25, 0.3) is 0 Å². The predicted molar refractivity (Wildman–Crippen MR) is 77.7 cm³/mol. The van der Waals surface area contributed by atoms with Gasteiger partial charge in [-0.25, -0.2) is 0 Å². The molecule has 0 aliphatic heterocycles. The Morgan fingerprint density at radius 2 is 2.05 bits per heavy atom. The second kappa shape index (κ2) is 5.17. The Morgan fingerprint density at radius 1 is 1.26 bits per heavy atom. The van der Waals surface area contributed by atoms with Crippen LogP contribution in [0.2, 0.25) is 0 Å². The van der Waals surface area contributed by atoms with Crippen molar-refractivity contribution in [1.29, 1.82) is 0 Å². The molecule has 0 unspecified atom stereocenters. The molecule has 19 heavy (non-hydrogen) atoms. The minimum atomic E-state index is -0.0641. The molecular formula is C14H16N2O2S. The summed E-state index contributed by atoms with van der Waals surface area (Å²) in [6.45, 7) is 0. The molecule has 1 fully saturated rings. The Morgan fingerprint density at radius 3 is 2.84 bits per heavy atom. The zero-order chi connectivity index (χ0) is 13.2. The van der Waals surface area contributed by atoms with Crippen LogP contribution in [0.15, 0.2) is 23.0 Å². The van der Waals surface area contributed by atoms with E-state index in [4.69, 9.17) is 0 Å². The van der Waals surface area contributed by atoms with Crippen molar-refractivity contribution in [2.75, 3.05) is 5.32 Å². The summed E-state index contributed by atoms with van der Waals surface area (Å²) in [5.41, 5.74) is 1.60. The maximum atomic E-state index is 12.1. The number of fused-ring (bicyclic) bond motifs is 1. The first kappa shape index (κ1) is 12.4. The van der Waals surface area contributed by atoms with Crippen LogP contribution in [0.3, 0.4) is 0 Å². The topological polar surface area (TPSA) is 62.0 Å². The van der Waals surface area contributed by atoms with Gasteiger partial charge in [-0.3, -0.25) is 9.59 Å². The fourth-order valence-corrected chi connectivity index (χ4v) is 3.41. The second-order valence-electron chi connectivity index (χ2n) is 5.05. The Labute approximate surface area is 114 Å². The van der Waals surface area contributed by atoms with E-state index in [0.717, 1.165) is 41.6 Å². The van der Waals surface area contributed by atoms with E-state index in [9.17, 15) is 9.59 Å². The van der Waals surface area contributed by atoms with E-state index in [1.54, 1.807) is 0 Å². The van der Waals surface area contributed by atoms with Crippen LogP contribution in [0.25, 0.3) is 10.2 Å². The molecule has 1 aliphatic rings. The van der Waals surface area contributed by atoms with Crippen molar-refractivity contribution in [3.8, 4) is 0 Å². The lowest BCUT2D eigenvalue weighted by Gasteiger charge is -2.20. The summed E-state index contributed by atoms with van der Waals surface area (Å²) >= 11 is 1.17. The number of carbonyl (C=O) groups is 1. The van der Waals surface area contributed by atoms with Crippen molar-refractivity contribution >= 4 is 33.1 Å². The molecule has 5 heteroatoms. The summed E-state index contributed by atoms with van der Waals surface area (Å²) in [5, 5.41) is 2.96. The first-order valence-corrected chi connectivity index (χ1v) is 7.48. The number of nitrogens with one attached hydrogen (secondary N) is 2. The lowest BCUT2D eigenvalue weighted by Crippen LogP contribution is -2.24. The molecule has 1 amide bonds. The van der Waals surface area contributed by atoms with Crippen LogP contribution in [-0.4, -0.2) is 10.9 Å². The molecule has 4 nitrogen and oxygen atoms in total. The third kappa shape index (κ3) is 2.71. The molecule has 0 bridgehead atoms. The summed E-state index contributed by atoms with van der Waals surface area (Å²) in [7, 11) is 0. The van der Waals surface area contributed by atoms with Crippen molar-refractivity contribution in [2.24, 2.45) is 5.92 Å². The van der Waals surface area contributed by atoms with E-state index in [-0.39, 0.29) is 16.7 Å².